The van der Waals surface area contributed by atoms with Gasteiger partial charge in [-0.25, -0.2) is 9.97 Å². The summed E-state index contributed by atoms with van der Waals surface area (Å²) in [5.74, 6) is 1.27. The Morgan fingerprint density at radius 3 is 3.20 bits per heavy atom. The van der Waals surface area contributed by atoms with Gasteiger partial charge in [0.2, 0.25) is 0 Å². The Morgan fingerprint density at radius 1 is 1.67 bits per heavy atom. The first-order valence-corrected chi connectivity index (χ1v) is 5.72. The van der Waals surface area contributed by atoms with Crippen LogP contribution < -0.4 is 16.0 Å². The number of rotatable bonds is 1. The van der Waals surface area contributed by atoms with Gasteiger partial charge in [0.05, 0.1) is 6.20 Å². The van der Waals surface area contributed by atoms with E-state index >= 15 is 0 Å². The molecule has 1 fully saturated rings. The highest BCUT2D eigenvalue weighted by atomic mass is 79.9. The third kappa shape index (κ3) is 2.38. The molecule has 0 unspecified atom stereocenters. The lowest BCUT2D eigenvalue weighted by molar-refractivity contribution is 0.482. The van der Waals surface area contributed by atoms with Crippen LogP contribution >= 0.6 is 15.9 Å². The molecule has 1 aromatic heterocycles. The van der Waals surface area contributed by atoms with Gasteiger partial charge in [-0.05, 0) is 22.9 Å². The molecule has 15 heavy (non-hydrogen) atoms. The van der Waals surface area contributed by atoms with Gasteiger partial charge >= 0.3 is 0 Å². The number of hydrogen-bond acceptors (Lipinski definition) is 5. The van der Waals surface area contributed by atoms with Gasteiger partial charge in [-0.15, -0.1) is 0 Å². The molecule has 1 aliphatic heterocycles. The first kappa shape index (κ1) is 10.6. The first-order valence-electron chi connectivity index (χ1n) is 4.93. The van der Waals surface area contributed by atoms with Crippen LogP contribution in [0.3, 0.4) is 0 Å². The van der Waals surface area contributed by atoms with Crippen LogP contribution in [0.4, 0.5) is 11.6 Å². The molecule has 1 atom stereocenters. The number of aromatic nitrogens is 2. The minimum Gasteiger partial charge on any atom is -0.381 e. The predicted octanol–water partition coefficient (Wildman–Crippen LogP) is 0.619. The van der Waals surface area contributed by atoms with Gasteiger partial charge < -0.3 is 16.0 Å². The Kier molecular flexibility index (Phi) is 3.06. The zero-order valence-corrected chi connectivity index (χ0v) is 10.2. The number of hydrogen-bond donors (Lipinski definition) is 2. The molecule has 82 valence electrons. The van der Waals surface area contributed by atoms with E-state index in [1.165, 1.54) is 0 Å². The summed E-state index contributed by atoms with van der Waals surface area (Å²) in [6.07, 6.45) is 1.62. The summed E-state index contributed by atoms with van der Waals surface area (Å²) >= 11 is 3.31. The lowest BCUT2D eigenvalue weighted by Crippen LogP contribution is -2.49. The van der Waals surface area contributed by atoms with Crippen LogP contribution in [0.15, 0.2) is 10.8 Å². The average Bonchev–Trinajstić information content (AvgIpc) is 2.22. The average molecular weight is 272 g/mol. The van der Waals surface area contributed by atoms with Crippen molar-refractivity contribution in [3.63, 3.8) is 0 Å². The van der Waals surface area contributed by atoms with Crippen molar-refractivity contribution in [2.45, 2.75) is 13.0 Å². The SMILES string of the molecule is C[C@H]1CN(c2nc(Br)cnc2N)CCN1. The fourth-order valence-electron chi connectivity index (χ4n) is 1.73. The highest BCUT2D eigenvalue weighted by molar-refractivity contribution is 9.10. The molecule has 0 spiro atoms. The van der Waals surface area contributed by atoms with Crippen molar-refractivity contribution >= 4 is 27.6 Å². The van der Waals surface area contributed by atoms with Gasteiger partial charge in [0.15, 0.2) is 11.6 Å². The minimum absolute atomic E-state index is 0.457. The molecule has 3 N–H and O–H groups in total. The van der Waals surface area contributed by atoms with Crippen molar-refractivity contribution in [3.8, 4) is 0 Å². The second-order valence-electron chi connectivity index (χ2n) is 3.70. The summed E-state index contributed by atoms with van der Waals surface area (Å²) < 4.78 is 0.720. The highest BCUT2D eigenvalue weighted by Gasteiger charge is 2.19. The van der Waals surface area contributed by atoms with Crippen molar-refractivity contribution in [2.24, 2.45) is 0 Å². The lowest BCUT2D eigenvalue weighted by atomic mass is 10.2. The molecule has 6 heteroatoms. The third-order valence-corrected chi connectivity index (χ3v) is 2.80. The van der Waals surface area contributed by atoms with Crippen LogP contribution in [0.5, 0.6) is 0 Å². The molecule has 1 aromatic rings. The van der Waals surface area contributed by atoms with Gasteiger partial charge in [0.25, 0.3) is 0 Å². The monoisotopic (exact) mass is 271 g/mol. The van der Waals surface area contributed by atoms with Crippen LogP contribution in [-0.4, -0.2) is 35.6 Å². The van der Waals surface area contributed by atoms with Crippen LogP contribution in [0.1, 0.15) is 6.92 Å². The van der Waals surface area contributed by atoms with E-state index < -0.39 is 0 Å². The summed E-state index contributed by atoms with van der Waals surface area (Å²) in [5, 5.41) is 3.37. The van der Waals surface area contributed by atoms with Gasteiger partial charge in [-0.1, -0.05) is 0 Å². The maximum atomic E-state index is 5.81. The minimum atomic E-state index is 0.457. The Hall–Kier alpha value is -0.880. The van der Waals surface area contributed by atoms with E-state index in [1.54, 1.807) is 6.20 Å². The van der Waals surface area contributed by atoms with E-state index in [9.17, 15) is 0 Å². The van der Waals surface area contributed by atoms with Crippen molar-refractivity contribution in [2.75, 3.05) is 30.3 Å². The first-order chi connectivity index (χ1) is 7.16. The number of nitrogens with zero attached hydrogens (tertiary/aromatic N) is 3. The fourth-order valence-corrected chi connectivity index (χ4v) is 2.00. The fraction of sp³-hybridized carbons (Fsp3) is 0.556. The number of halogens is 1. The molecule has 5 nitrogen and oxygen atoms in total. The maximum absolute atomic E-state index is 5.81. The van der Waals surface area contributed by atoms with E-state index in [0.29, 0.717) is 11.9 Å². The quantitative estimate of drug-likeness (QED) is 0.784. The number of piperazine rings is 1. The smallest absolute Gasteiger partial charge is 0.172 e. The van der Waals surface area contributed by atoms with Crippen molar-refractivity contribution in [1.82, 2.24) is 15.3 Å². The second-order valence-corrected chi connectivity index (χ2v) is 4.52. The molecular formula is C9H14BrN5. The standard InChI is InChI=1S/C9H14BrN5/c1-6-5-15(3-2-12-6)9-8(11)13-4-7(10)14-9/h4,6,12H,2-3,5H2,1H3,(H2,11,13)/t6-/m0/s1. The van der Waals surface area contributed by atoms with Gasteiger partial charge in [-0.2, -0.15) is 0 Å². The van der Waals surface area contributed by atoms with E-state index in [-0.39, 0.29) is 0 Å². The predicted molar refractivity (Wildman–Crippen MR) is 63.8 cm³/mol. The molecule has 0 saturated carbocycles. The summed E-state index contributed by atoms with van der Waals surface area (Å²) in [5.41, 5.74) is 5.81. The van der Waals surface area contributed by atoms with Crippen LogP contribution in [0, 0.1) is 0 Å². The van der Waals surface area contributed by atoms with Gasteiger partial charge in [0, 0.05) is 25.7 Å². The molecule has 0 aliphatic carbocycles. The van der Waals surface area contributed by atoms with Gasteiger partial charge in [0.1, 0.15) is 4.60 Å². The van der Waals surface area contributed by atoms with E-state index in [1.807, 2.05) is 0 Å². The zero-order chi connectivity index (χ0) is 10.8. The molecular weight excluding hydrogens is 258 g/mol. The Morgan fingerprint density at radius 2 is 2.47 bits per heavy atom. The Bertz CT molecular complexity index is 356. The summed E-state index contributed by atoms with van der Waals surface area (Å²) in [7, 11) is 0. The number of nitrogens with one attached hydrogen (secondary N) is 1. The number of nitrogen functional groups attached to an aromatic ring is 1. The van der Waals surface area contributed by atoms with E-state index in [2.05, 4.69) is 43.0 Å². The van der Waals surface area contributed by atoms with Crippen LogP contribution in [0.2, 0.25) is 0 Å². The summed E-state index contributed by atoms with van der Waals surface area (Å²) in [6.45, 7) is 4.93. The third-order valence-electron chi connectivity index (χ3n) is 2.42. The normalized spacial score (nSPS) is 21.7. The molecule has 0 amide bonds. The molecule has 0 bridgehead atoms. The zero-order valence-electron chi connectivity index (χ0n) is 8.57. The second kappa shape index (κ2) is 4.32. The highest BCUT2D eigenvalue weighted by Crippen LogP contribution is 2.21. The lowest BCUT2D eigenvalue weighted by Gasteiger charge is -2.33. The summed E-state index contributed by atoms with van der Waals surface area (Å²) in [4.78, 5) is 10.6. The molecule has 0 aromatic carbocycles. The van der Waals surface area contributed by atoms with E-state index in [0.717, 1.165) is 30.1 Å². The maximum Gasteiger partial charge on any atom is 0.172 e. The van der Waals surface area contributed by atoms with Crippen LogP contribution in [0.25, 0.3) is 0 Å². The van der Waals surface area contributed by atoms with Crippen LogP contribution in [-0.2, 0) is 0 Å². The topological polar surface area (TPSA) is 67.1 Å². The number of nitrogens with two attached hydrogens (primary N) is 1. The molecule has 2 heterocycles. The Balaban J connectivity index is 2.24. The molecule has 0 radical (unpaired) electrons. The molecule has 2 rings (SSSR count). The Labute approximate surface area is 97.2 Å². The van der Waals surface area contributed by atoms with Gasteiger partial charge in [-0.3, -0.25) is 0 Å². The van der Waals surface area contributed by atoms with E-state index in [4.69, 9.17) is 5.73 Å². The van der Waals surface area contributed by atoms with Crippen molar-refractivity contribution in [1.29, 1.82) is 0 Å². The number of anilines is 2. The summed E-state index contributed by atoms with van der Waals surface area (Å²) in [6, 6.07) is 0.457. The molecule has 1 saturated heterocycles. The van der Waals surface area contributed by atoms with Crippen molar-refractivity contribution < 1.29 is 0 Å². The largest absolute Gasteiger partial charge is 0.381 e. The van der Waals surface area contributed by atoms with Crippen molar-refractivity contribution in [3.05, 3.63) is 10.8 Å². The molecule has 1 aliphatic rings.